The summed E-state index contributed by atoms with van der Waals surface area (Å²) < 4.78 is 5.90. The van der Waals surface area contributed by atoms with Crippen molar-refractivity contribution in [3.63, 3.8) is 0 Å². The number of hydrogen-bond donors (Lipinski definition) is 1. The van der Waals surface area contributed by atoms with Crippen molar-refractivity contribution in [2.45, 2.75) is 19.4 Å². The van der Waals surface area contributed by atoms with Crippen LogP contribution in [-0.4, -0.2) is 67.9 Å². The Morgan fingerprint density at radius 1 is 1.10 bits per heavy atom. The van der Waals surface area contributed by atoms with E-state index in [-0.39, 0.29) is 6.04 Å². The number of aromatic nitrogens is 2. The minimum absolute atomic E-state index is 0.0137. The van der Waals surface area contributed by atoms with E-state index in [4.69, 9.17) is 22.1 Å². The SMILES string of the molecule is Cc1cc(N2CCCOCC2c2ccc(N3CCN(C)CC3)cc2Cl)nc(N)n1. The number of nitrogens with two attached hydrogens (primary N) is 1. The first-order valence-corrected chi connectivity index (χ1v) is 10.6. The molecule has 2 aromatic rings. The number of benzene rings is 1. The van der Waals surface area contributed by atoms with Gasteiger partial charge >= 0.3 is 0 Å². The van der Waals surface area contributed by atoms with Crippen molar-refractivity contribution in [1.29, 1.82) is 0 Å². The highest BCUT2D eigenvalue weighted by atomic mass is 35.5. The molecule has 29 heavy (non-hydrogen) atoms. The molecule has 8 heteroatoms. The van der Waals surface area contributed by atoms with E-state index in [9.17, 15) is 0 Å². The zero-order valence-electron chi connectivity index (χ0n) is 17.1. The van der Waals surface area contributed by atoms with Gasteiger partial charge in [-0.3, -0.25) is 0 Å². The molecule has 156 valence electrons. The standard InChI is InChI=1S/C21H29ClN6O/c1-15-12-20(25-21(23)24-15)28-6-3-11-29-14-19(28)17-5-4-16(13-18(17)22)27-9-7-26(2)8-10-27/h4-5,12-13,19H,3,6-11,14H2,1-2H3,(H2,23,24,25). The molecule has 0 bridgehead atoms. The minimum Gasteiger partial charge on any atom is -0.379 e. The Hall–Kier alpha value is -2.09. The summed E-state index contributed by atoms with van der Waals surface area (Å²) in [7, 11) is 2.16. The fraction of sp³-hybridized carbons (Fsp3) is 0.524. The molecular weight excluding hydrogens is 388 g/mol. The Kier molecular flexibility index (Phi) is 6.08. The van der Waals surface area contributed by atoms with Crippen LogP contribution in [0.15, 0.2) is 24.3 Å². The van der Waals surface area contributed by atoms with Crippen LogP contribution in [0.1, 0.15) is 23.7 Å². The van der Waals surface area contributed by atoms with Crippen LogP contribution in [0.2, 0.25) is 5.02 Å². The van der Waals surface area contributed by atoms with E-state index < -0.39 is 0 Å². The lowest BCUT2D eigenvalue weighted by Gasteiger charge is -2.35. The zero-order chi connectivity index (χ0) is 20.4. The summed E-state index contributed by atoms with van der Waals surface area (Å²) >= 11 is 6.80. The van der Waals surface area contributed by atoms with Crippen LogP contribution < -0.4 is 15.5 Å². The number of aryl methyl sites for hydroxylation is 1. The highest BCUT2D eigenvalue weighted by Crippen LogP contribution is 2.35. The molecule has 1 atom stereocenters. The van der Waals surface area contributed by atoms with Crippen LogP contribution in [0, 0.1) is 6.92 Å². The molecule has 1 aromatic heterocycles. The summed E-state index contributed by atoms with van der Waals surface area (Å²) in [5.41, 5.74) is 9.00. The predicted octanol–water partition coefficient (Wildman–Crippen LogP) is 2.74. The normalized spacial score (nSPS) is 21.3. The Labute approximate surface area is 177 Å². The molecule has 1 aromatic carbocycles. The van der Waals surface area contributed by atoms with Gasteiger partial charge in [-0.15, -0.1) is 0 Å². The lowest BCUT2D eigenvalue weighted by Crippen LogP contribution is -2.44. The maximum absolute atomic E-state index is 6.80. The van der Waals surface area contributed by atoms with Gasteiger partial charge in [0.05, 0.1) is 12.6 Å². The lowest BCUT2D eigenvalue weighted by atomic mass is 10.0. The number of piperazine rings is 1. The number of anilines is 3. The molecule has 2 saturated heterocycles. The quantitative estimate of drug-likeness (QED) is 0.824. The number of halogens is 1. The average Bonchev–Trinajstić information content (AvgIpc) is 2.94. The predicted molar refractivity (Wildman–Crippen MR) is 118 cm³/mol. The molecule has 2 fully saturated rings. The third-order valence-corrected chi connectivity index (χ3v) is 6.03. The van der Waals surface area contributed by atoms with E-state index in [1.54, 1.807) is 0 Å². The molecule has 0 amide bonds. The second-order valence-electron chi connectivity index (χ2n) is 7.86. The first-order chi connectivity index (χ1) is 14.0. The molecule has 1 unspecified atom stereocenters. The Morgan fingerprint density at radius 2 is 1.90 bits per heavy atom. The molecule has 0 saturated carbocycles. The number of hydrogen-bond acceptors (Lipinski definition) is 7. The van der Waals surface area contributed by atoms with Gasteiger partial charge in [0, 0.05) is 61.8 Å². The van der Waals surface area contributed by atoms with Gasteiger partial charge in [0.15, 0.2) is 0 Å². The largest absolute Gasteiger partial charge is 0.379 e. The maximum atomic E-state index is 6.80. The number of nitrogens with zero attached hydrogens (tertiary/aromatic N) is 5. The van der Waals surface area contributed by atoms with Crippen molar-refractivity contribution in [2.24, 2.45) is 0 Å². The van der Waals surface area contributed by atoms with Gasteiger partial charge in [0.2, 0.25) is 5.95 Å². The summed E-state index contributed by atoms with van der Waals surface area (Å²) in [4.78, 5) is 15.7. The lowest BCUT2D eigenvalue weighted by molar-refractivity contribution is 0.134. The van der Waals surface area contributed by atoms with Crippen LogP contribution in [0.5, 0.6) is 0 Å². The highest BCUT2D eigenvalue weighted by Gasteiger charge is 2.27. The fourth-order valence-electron chi connectivity index (χ4n) is 4.08. The van der Waals surface area contributed by atoms with Crippen LogP contribution in [0.25, 0.3) is 0 Å². The topological polar surface area (TPSA) is 70.8 Å². The first kappa shape index (κ1) is 20.2. The molecule has 4 rings (SSSR count). The van der Waals surface area contributed by atoms with Crippen LogP contribution in [-0.2, 0) is 4.74 Å². The molecule has 0 aliphatic carbocycles. The molecule has 2 aliphatic heterocycles. The number of likely N-dealkylation sites (N-methyl/N-ethyl adjacent to an activating group) is 1. The first-order valence-electron chi connectivity index (χ1n) is 10.2. The van der Waals surface area contributed by atoms with Gasteiger partial charge < -0.3 is 25.2 Å². The third kappa shape index (κ3) is 4.57. The summed E-state index contributed by atoms with van der Waals surface area (Å²) in [5.74, 6) is 1.12. The molecule has 3 heterocycles. The van der Waals surface area contributed by atoms with Crippen molar-refractivity contribution < 1.29 is 4.74 Å². The maximum Gasteiger partial charge on any atom is 0.222 e. The Morgan fingerprint density at radius 3 is 2.62 bits per heavy atom. The van der Waals surface area contributed by atoms with Crippen LogP contribution in [0.3, 0.4) is 0 Å². The second kappa shape index (κ2) is 8.73. The van der Waals surface area contributed by atoms with Gasteiger partial charge in [-0.1, -0.05) is 17.7 Å². The van der Waals surface area contributed by atoms with Crippen molar-refractivity contribution >= 4 is 29.1 Å². The molecule has 0 spiro atoms. The van der Waals surface area contributed by atoms with E-state index in [1.165, 1.54) is 5.69 Å². The molecule has 2 aliphatic rings. The second-order valence-corrected chi connectivity index (χ2v) is 8.27. The van der Waals surface area contributed by atoms with Crippen molar-refractivity contribution in [3.05, 3.63) is 40.5 Å². The minimum atomic E-state index is -0.0137. The van der Waals surface area contributed by atoms with Gasteiger partial charge in [0.25, 0.3) is 0 Å². The van der Waals surface area contributed by atoms with E-state index in [2.05, 4.69) is 49.9 Å². The summed E-state index contributed by atoms with van der Waals surface area (Å²) in [5, 5.41) is 0.765. The van der Waals surface area contributed by atoms with Crippen LogP contribution >= 0.6 is 11.6 Å². The highest BCUT2D eigenvalue weighted by molar-refractivity contribution is 6.31. The summed E-state index contributed by atoms with van der Waals surface area (Å²) in [6.07, 6.45) is 0.927. The monoisotopic (exact) mass is 416 g/mol. The molecule has 7 nitrogen and oxygen atoms in total. The van der Waals surface area contributed by atoms with E-state index >= 15 is 0 Å². The van der Waals surface area contributed by atoms with E-state index in [0.717, 1.165) is 67.8 Å². The van der Waals surface area contributed by atoms with Crippen molar-refractivity contribution in [1.82, 2.24) is 14.9 Å². The summed E-state index contributed by atoms with van der Waals surface area (Å²) in [6.45, 7) is 8.23. The van der Waals surface area contributed by atoms with Gasteiger partial charge in [-0.25, -0.2) is 4.98 Å². The van der Waals surface area contributed by atoms with Crippen molar-refractivity contribution in [2.75, 3.05) is 68.5 Å². The van der Waals surface area contributed by atoms with Crippen LogP contribution in [0.4, 0.5) is 17.5 Å². The number of ether oxygens (including phenoxy) is 1. The number of nitrogen functional groups attached to an aromatic ring is 1. The Balaban J connectivity index is 1.63. The smallest absolute Gasteiger partial charge is 0.222 e. The van der Waals surface area contributed by atoms with Gasteiger partial charge in [0.1, 0.15) is 5.82 Å². The molecular formula is C21H29ClN6O. The average molecular weight is 417 g/mol. The third-order valence-electron chi connectivity index (χ3n) is 5.70. The van der Waals surface area contributed by atoms with E-state index in [1.807, 2.05) is 13.0 Å². The fourth-order valence-corrected chi connectivity index (χ4v) is 4.38. The molecule has 0 radical (unpaired) electrons. The summed E-state index contributed by atoms with van der Waals surface area (Å²) in [6, 6.07) is 8.36. The molecule has 2 N–H and O–H groups in total. The van der Waals surface area contributed by atoms with E-state index in [0.29, 0.717) is 12.6 Å². The zero-order valence-corrected chi connectivity index (χ0v) is 17.9. The van der Waals surface area contributed by atoms with Gasteiger partial charge in [-0.05, 0) is 38.1 Å². The van der Waals surface area contributed by atoms with Crippen molar-refractivity contribution in [3.8, 4) is 0 Å². The Bertz CT molecular complexity index is 835. The number of rotatable bonds is 3. The van der Waals surface area contributed by atoms with Gasteiger partial charge in [-0.2, -0.15) is 4.98 Å².